The van der Waals surface area contributed by atoms with Crippen LogP contribution in [0.4, 0.5) is 4.79 Å². The van der Waals surface area contributed by atoms with Gasteiger partial charge in [-0.15, -0.1) is 0 Å². The zero-order chi connectivity index (χ0) is 15.6. The van der Waals surface area contributed by atoms with E-state index in [1.807, 2.05) is 13.8 Å². The molecule has 6 heteroatoms. The van der Waals surface area contributed by atoms with Crippen molar-refractivity contribution in [2.24, 2.45) is 11.8 Å². The third kappa shape index (κ3) is 3.12. The van der Waals surface area contributed by atoms with Crippen molar-refractivity contribution in [3.63, 3.8) is 0 Å². The molecule has 0 aromatic carbocycles. The topological polar surface area (TPSA) is 84.6 Å². The minimum Gasteiger partial charge on any atom is -0.481 e. The van der Waals surface area contributed by atoms with Crippen LogP contribution in [-0.4, -0.2) is 52.1 Å². The van der Waals surface area contributed by atoms with Crippen LogP contribution in [0.15, 0.2) is 0 Å². The van der Waals surface area contributed by atoms with Crippen molar-refractivity contribution in [1.29, 1.82) is 5.26 Å². The largest absolute Gasteiger partial charge is 0.481 e. The first-order valence-corrected chi connectivity index (χ1v) is 7.62. The summed E-state index contributed by atoms with van der Waals surface area (Å²) in [5.41, 5.74) is 0. The molecule has 2 fully saturated rings. The van der Waals surface area contributed by atoms with Crippen LogP contribution in [0.3, 0.4) is 0 Å². The minimum atomic E-state index is -0.799. The van der Waals surface area contributed by atoms with Crippen molar-refractivity contribution in [2.45, 2.75) is 51.6 Å². The molecule has 3 unspecified atom stereocenters. The summed E-state index contributed by atoms with van der Waals surface area (Å²) in [4.78, 5) is 27.5. The van der Waals surface area contributed by atoms with Gasteiger partial charge in [0.1, 0.15) is 0 Å². The van der Waals surface area contributed by atoms with Crippen LogP contribution >= 0.6 is 0 Å². The molecule has 2 aliphatic rings. The molecule has 0 saturated carbocycles. The first-order valence-electron chi connectivity index (χ1n) is 7.62. The molecule has 0 radical (unpaired) electrons. The van der Waals surface area contributed by atoms with E-state index in [0.717, 1.165) is 12.8 Å². The normalized spacial score (nSPS) is 27.0. The van der Waals surface area contributed by atoms with Crippen molar-refractivity contribution in [3.8, 4) is 6.07 Å². The Balaban J connectivity index is 2.10. The Morgan fingerprint density at radius 1 is 1.43 bits per heavy atom. The molecule has 0 aromatic heterocycles. The predicted octanol–water partition coefficient (Wildman–Crippen LogP) is 1.92. The highest BCUT2D eigenvalue weighted by atomic mass is 16.4. The van der Waals surface area contributed by atoms with E-state index in [1.165, 1.54) is 0 Å². The summed E-state index contributed by atoms with van der Waals surface area (Å²) in [7, 11) is 0. The fourth-order valence-corrected chi connectivity index (χ4v) is 3.61. The highest BCUT2D eigenvalue weighted by Crippen LogP contribution is 2.42. The third-order valence-corrected chi connectivity index (χ3v) is 4.42. The minimum absolute atomic E-state index is 0.0559. The van der Waals surface area contributed by atoms with Crippen LogP contribution in [0.2, 0.25) is 0 Å². The van der Waals surface area contributed by atoms with E-state index < -0.39 is 11.9 Å². The van der Waals surface area contributed by atoms with Crippen LogP contribution in [0.1, 0.15) is 39.5 Å². The highest BCUT2D eigenvalue weighted by Gasteiger charge is 2.52. The van der Waals surface area contributed by atoms with Crippen molar-refractivity contribution >= 4 is 12.0 Å². The van der Waals surface area contributed by atoms with E-state index in [9.17, 15) is 14.7 Å². The number of carbonyl (C=O) groups is 2. The average molecular weight is 293 g/mol. The first kappa shape index (κ1) is 15.6. The van der Waals surface area contributed by atoms with Crippen LogP contribution in [0, 0.1) is 23.2 Å². The molecule has 1 N–H and O–H groups in total. The van der Waals surface area contributed by atoms with E-state index in [0.29, 0.717) is 31.8 Å². The molecule has 2 aliphatic heterocycles. The van der Waals surface area contributed by atoms with Crippen molar-refractivity contribution in [2.75, 3.05) is 13.1 Å². The molecule has 6 nitrogen and oxygen atoms in total. The number of carboxylic acids is 1. The Labute approximate surface area is 125 Å². The molecule has 0 aromatic rings. The van der Waals surface area contributed by atoms with Gasteiger partial charge in [0.05, 0.1) is 18.4 Å². The summed E-state index contributed by atoms with van der Waals surface area (Å²) in [6.07, 6.45) is 2.55. The van der Waals surface area contributed by atoms with Crippen LogP contribution in [0.25, 0.3) is 0 Å². The van der Waals surface area contributed by atoms with E-state index in [1.54, 1.807) is 9.80 Å². The van der Waals surface area contributed by atoms with Gasteiger partial charge in [0.15, 0.2) is 0 Å². The molecule has 2 bridgehead atoms. The maximum absolute atomic E-state index is 12.8. The van der Waals surface area contributed by atoms with E-state index in [-0.39, 0.29) is 18.1 Å². The quantitative estimate of drug-likeness (QED) is 0.839. The molecule has 116 valence electrons. The van der Waals surface area contributed by atoms with Crippen molar-refractivity contribution in [3.05, 3.63) is 0 Å². The van der Waals surface area contributed by atoms with Gasteiger partial charge < -0.3 is 14.9 Å². The van der Waals surface area contributed by atoms with Gasteiger partial charge in [-0.1, -0.05) is 13.8 Å². The van der Waals surface area contributed by atoms with E-state index in [4.69, 9.17) is 5.26 Å². The van der Waals surface area contributed by atoms with Gasteiger partial charge in [-0.25, -0.2) is 4.79 Å². The van der Waals surface area contributed by atoms with Crippen molar-refractivity contribution in [1.82, 2.24) is 9.80 Å². The number of carbonyl (C=O) groups excluding carboxylic acids is 1. The van der Waals surface area contributed by atoms with Gasteiger partial charge in [0.2, 0.25) is 0 Å². The maximum Gasteiger partial charge on any atom is 0.320 e. The summed E-state index contributed by atoms with van der Waals surface area (Å²) >= 11 is 0. The number of fused-ring (bicyclic) bond motifs is 2. The Bertz CT molecular complexity index is 458. The molecule has 2 amide bonds. The van der Waals surface area contributed by atoms with Crippen molar-refractivity contribution < 1.29 is 14.7 Å². The number of hydrogen-bond donors (Lipinski definition) is 1. The Kier molecular flexibility index (Phi) is 4.71. The zero-order valence-electron chi connectivity index (χ0n) is 12.7. The number of nitriles is 1. The van der Waals surface area contributed by atoms with Gasteiger partial charge in [-0.3, -0.25) is 4.79 Å². The molecule has 21 heavy (non-hydrogen) atoms. The SMILES string of the molecule is CC(C)CN(CCC#N)C(=O)N1C2CCC1C(C(=O)O)C2. The molecule has 2 heterocycles. The smallest absolute Gasteiger partial charge is 0.320 e. The molecule has 0 spiro atoms. The van der Waals surface area contributed by atoms with Gasteiger partial charge in [0, 0.05) is 25.2 Å². The summed E-state index contributed by atoms with van der Waals surface area (Å²) in [5.74, 6) is -0.903. The first-order chi connectivity index (χ1) is 9.95. The molecule has 2 rings (SSSR count). The lowest BCUT2D eigenvalue weighted by Crippen LogP contribution is -2.48. The maximum atomic E-state index is 12.8. The number of aliphatic carboxylic acids is 1. The second kappa shape index (κ2) is 6.33. The summed E-state index contributed by atoms with van der Waals surface area (Å²) < 4.78 is 0. The monoisotopic (exact) mass is 293 g/mol. The van der Waals surface area contributed by atoms with Gasteiger partial charge >= 0.3 is 12.0 Å². The molecule has 3 atom stereocenters. The molecule has 2 saturated heterocycles. The summed E-state index contributed by atoms with van der Waals surface area (Å²) in [5, 5.41) is 18.0. The van der Waals surface area contributed by atoms with Crippen LogP contribution in [0.5, 0.6) is 0 Å². The summed E-state index contributed by atoms with van der Waals surface area (Å²) in [6, 6.07) is 1.87. The van der Waals surface area contributed by atoms with Gasteiger partial charge in [0.25, 0.3) is 0 Å². The number of amides is 2. The Morgan fingerprint density at radius 2 is 2.14 bits per heavy atom. The number of hydrogen-bond acceptors (Lipinski definition) is 3. The second-order valence-corrected chi connectivity index (χ2v) is 6.42. The lowest BCUT2D eigenvalue weighted by molar-refractivity contribution is -0.142. The van der Waals surface area contributed by atoms with E-state index in [2.05, 4.69) is 6.07 Å². The predicted molar refractivity (Wildman–Crippen MR) is 76.4 cm³/mol. The highest BCUT2D eigenvalue weighted by molar-refractivity contribution is 5.79. The summed E-state index contributed by atoms with van der Waals surface area (Å²) in [6.45, 7) is 5.09. The number of rotatable bonds is 5. The van der Waals surface area contributed by atoms with Crippen LogP contribution < -0.4 is 0 Å². The second-order valence-electron chi connectivity index (χ2n) is 6.42. The number of nitrogens with zero attached hydrogens (tertiary/aromatic N) is 3. The lowest BCUT2D eigenvalue weighted by atomic mass is 9.89. The fourth-order valence-electron chi connectivity index (χ4n) is 3.61. The Hall–Kier alpha value is -1.77. The van der Waals surface area contributed by atoms with Gasteiger partial charge in [-0.2, -0.15) is 5.26 Å². The Morgan fingerprint density at radius 3 is 2.67 bits per heavy atom. The molecular formula is C15H23N3O3. The number of carboxylic acid groups (broad SMARTS) is 1. The van der Waals surface area contributed by atoms with E-state index >= 15 is 0 Å². The molecule has 0 aliphatic carbocycles. The fraction of sp³-hybridized carbons (Fsp3) is 0.800. The van der Waals surface area contributed by atoms with Gasteiger partial charge in [-0.05, 0) is 25.2 Å². The molecular weight excluding hydrogens is 270 g/mol. The zero-order valence-corrected chi connectivity index (χ0v) is 12.7. The standard InChI is InChI=1S/C15H23N3O3/c1-10(2)9-17(7-3-6-16)15(21)18-11-4-5-13(18)12(8-11)14(19)20/h10-13H,3-5,7-9H2,1-2H3,(H,19,20). The third-order valence-electron chi connectivity index (χ3n) is 4.42. The number of urea groups is 1. The average Bonchev–Trinajstić information content (AvgIpc) is 2.99. The lowest BCUT2D eigenvalue weighted by Gasteiger charge is -2.32. The van der Waals surface area contributed by atoms with Crippen LogP contribution in [-0.2, 0) is 4.79 Å².